The van der Waals surface area contributed by atoms with Crippen molar-refractivity contribution >= 4 is 5.97 Å². The minimum absolute atomic E-state index is 0.131. The Balaban J connectivity index is 2.52. The van der Waals surface area contributed by atoms with Crippen LogP contribution in [0.2, 0.25) is 0 Å². The van der Waals surface area contributed by atoms with Gasteiger partial charge in [-0.2, -0.15) is 0 Å². The molecule has 1 heterocycles. The molecule has 0 atom stereocenters. The minimum atomic E-state index is -0.990. The fourth-order valence-electron chi connectivity index (χ4n) is 1.39. The summed E-state index contributed by atoms with van der Waals surface area (Å²) < 4.78 is 0. The molecule has 0 aliphatic heterocycles. The van der Waals surface area contributed by atoms with E-state index in [9.17, 15) is 4.79 Å². The van der Waals surface area contributed by atoms with Crippen molar-refractivity contribution in [3.8, 4) is 0 Å². The van der Waals surface area contributed by atoms with E-state index in [-0.39, 0.29) is 5.56 Å². The summed E-state index contributed by atoms with van der Waals surface area (Å²) in [5.41, 5.74) is 0.131. The number of aromatic nitrogens is 2. The summed E-state index contributed by atoms with van der Waals surface area (Å²) in [7, 11) is 0. The van der Waals surface area contributed by atoms with Crippen LogP contribution in [-0.2, 0) is 6.42 Å². The van der Waals surface area contributed by atoms with Crippen LogP contribution >= 0.6 is 0 Å². The van der Waals surface area contributed by atoms with Gasteiger partial charge in [-0.3, -0.25) is 0 Å². The topological polar surface area (TPSA) is 66.3 Å². The normalized spacial score (nSPS) is 10.7. The minimum Gasteiger partial charge on any atom is -0.478 e. The Morgan fingerprint density at radius 1 is 1.31 bits per heavy atom. The molecule has 0 bridgehead atoms. The monoisotopic (exact) mass is 223 g/mol. The van der Waals surface area contributed by atoms with Gasteiger partial charge in [-0.15, -0.1) is 0 Å². The van der Waals surface area contributed by atoms with Gasteiger partial charge in [0.05, 0.1) is 5.56 Å². The van der Waals surface area contributed by atoms with Crippen LogP contribution in [0.25, 0.3) is 0 Å². The van der Waals surface area contributed by atoms with Crippen LogP contribution in [0.4, 0.5) is 0 Å². The van der Waals surface area contributed by atoms with Crippen LogP contribution in [-0.4, -0.2) is 45.6 Å². The van der Waals surface area contributed by atoms with E-state index in [2.05, 4.69) is 28.7 Å². The third-order valence-corrected chi connectivity index (χ3v) is 2.50. The van der Waals surface area contributed by atoms with Gasteiger partial charge >= 0.3 is 5.97 Å². The van der Waals surface area contributed by atoms with Gasteiger partial charge in [0, 0.05) is 25.4 Å². The smallest absolute Gasteiger partial charge is 0.338 e. The lowest BCUT2D eigenvalue weighted by molar-refractivity contribution is 0.0696. The van der Waals surface area contributed by atoms with E-state index < -0.39 is 5.97 Å². The van der Waals surface area contributed by atoms with Gasteiger partial charge in [-0.25, -0.2) is 14.8 Å². The van der Waals surface area contributed by atoms with Gasteiger partial charge in [0.15, 0.2) is 0 Å². The summed E-state index contributed by atoms with van der Waals surface area (Å²) in [5.74, 6) is -0.299. The number of hydrogen-bond donors (Lipinski definition) is 1. The highest BCUT2D eigenvalue weighted by Crippen LogP contribution is 1.98. The number of carbonyl (C=O) groups is 1. The zero-order valence-corrected chi connectivity index (χ0v) is 9.68. The first kappa shape index (κ1) is 12.6. The first-order valence-electron chi connectivity index (χ1n) is 5.44. The first-order chi connectivity index (χ1) is 7.67. The van der Waals surface area contributed by atoms with Gasteiger partial charge < -0.3 is 10.0 Å². The number of nitrogens with zero attached hydrogens (tertiary/aromatic N) is 3. The van der Waals surface area contributed by atoms with Gasteiger partial charge in [0.2, 0.25) is 0 Å². The number of likely N-dealkylation sites (N-methyl/N-ethyl adjacent to an activating group) is 1. The SMILES string of the molecule is CCN(CC)CCc1ncc(C(=O)O)cn1. The molecule has 5 heteroatoms. The molecule has 1 aromatic heterocycles. The Bertz CT molecular complexity index is 334. The zero-order valence-electron chi connectivity index (χ0n) is 9.68. The van der Waals surface area contributed by atoms with Crippen molar-refractivity contribution in [3.63, 3.8) is 0 Å². The third kappa shape index (κ3) is 3.58. The highest BCUT2D eigenvalue weighted by Gasteiger charge is 2.05. The molecule has 5 nitrogen and oxygen atoms in total. The fourth-order valence-corrected chi connectivity index (χ4v) is 1.39. The second kappa shape index (κ2) is 6.17. The number of rotatable bonds is 6. The van der Waals surface area contributed by atoms with Gasteiger partial charge in [0.25, 0.3) is 0 Å². The molecule has 0 spiro atoms. The maximum Gasteiger partial charge on any atom is 0.338 e. The molecule has 16 heavy (non-hydrogen) atoms. The van der Waals surface area contributed by atoms with E-state index in [1.54, 1.807) is 0 Å². The van der Waals surface area contributed by atoms with E-state index >= 15 is 0 Å². The van der Waals surface area contributed by atoms with Gasteiger partial charge in [-0.1, -0.05) is 13.8 Å². The van der Waals surface area contributed by atoms with Crippen LogP contribution in [0.3, 0.4) is 0 Å². The molecule has 0 aromatic carbocycles. The van der Waals surface area contributed by atoms with Crippen molar-refractivity contribution in [2.24, 2.45) is 0 Å². The van der Waals surface area contributed by atoms with E-state index in [0.29, 0.717) is 5.82 Å². The lowest BCUT2D eigenvalue weighted by Gasteiger charge is -2.16. The molecule has 1 aromatic rings. The Labute approximate surface area is 95.1 Å². The predicted octanol–water partition coefficient (Wildman–Crippen LogP) is 1.06. The quantitative estimate of drug-likeness (QED) is 0.781. The third-order valence-electron chi connectivity index (χ3n) is 2.50. The molecule has 0 radical (unpaired) electrons. The predicted molar refractivity (Wildman–Crippen MR) is 60.5 cm³/mol. The van der Waals surface area contributed by atoms with Crippen molar-refractivity contribution in [2.45, 2.75) is 20.3 Å². The van der Waals surface area contributed by atoms with Crippen molar-refractivity contribution in [2.75, 3.05) is 19.6 Å². The summed E-state index contributed by atoms with van der Waals surface area (Å²) in [6.45, 7) is 7.13. The molecular weight excluding hydrogens is 206 g/mol. The summed E-state index contributed by atoms with van der Waals surface area (Å²) in [6, 6.07) is 0. The largest absolute Gasteiger partial charge is 0.478 e. The first-order valence-corrected chi connectivity index (χ1v) is 5.44. The van der Waals surface area contributed by atoms with Crippen molar-refractivity contribution < 1.29 is 9.90 Å². The number of carboxylic acid groups (broad SMARTS) is 1. The molecule has 0 saturated carbocycles. The summed E-state index contributed by atoms with van der Waals surface area (Å²) >= 11 is 0. The second-order valence-electron chi connectivity index (χ2n) is 3.47. The van der Waals surface area contributed by atoms with Crippen molar-refractivity contribution in [3.05, 3.63) is 23.8 Å². The maximum atomic E-state index is 10.6. The summed E-state index contributed by atoms with van der Waals surface area (Å²) in [4.78, 5) is 20.9. The highest BCUT2D eigenvalue weighted by molar-refractivity contribution is 5.86. The van der Waals surface area contributed by atoms with E-state index in [1.807, 2.05) is 0 Å². The van der Waals surface area contributed by atoms with Crippen molar-refractivity contribution in [1.82, 2.24) is 14.9 Å². The summed E-state index contributed by atoms with van der Waals surface area (Å²) in [6.07, 6.45) is 3.46. The highest BCUT2D eigenvalue weighted by atomic mass is 16.4. The van der Waals surface area contributed by atoms with Crippen LogP contribution in [0, 0.1) is 0 Å². The molecule has 0 fully saturated rings. The van der Waals surface area contributed by atoms with E-state index in [0.717, 1.165) is 26.1 Å². The molecule has 0 amide bonds. The van der Waals surface area contributed by atoms with Crippen LogP contribution < -0.4 is 0 Å². The average Bonchev–Trinajstić information content (AvgIpc) is 2.31. The molecule has 0 saturated heterocycles. The fraction of sp³-hybridized carbons (Fsp3) is 0.545. The van der Waals surface area contributed by atoms with Gasteiger partial charge in [-0.05, 0) is 13.1 Å². The Hall–Kier alpha value is -1.49. The molecule has 1 rings (SSSR count). The number of hydrogen-bond acceptors (Lipinski definition) is 4. The van der Waals surface area contributed by atoms with Crippen LogP contribution in [0.5, 0.6) is 0 Å². The Kier molecular flexibility index (Phi) is 4.85. The molecule has 0 aliphatic carbocycles. The maximum absolute atomic E-state index is 10.6. The lowest BCUT2D eigenvalue weighted by atomic mass is 10.3. The molecule has 88 valence electrons. The zero-order chi connectivity index (χ0) is 12.0. The van der Waals surface area contributed by atoms with Crippen LogP contribution in [0.15, 0.2) is 12.4 Å². The summed E-state index contributed by atoms with van der Waals surface area (Å²) in [5, 5.41) is 8.68. The molecular formula is C11H17N3O2. The number of aromatic carboxylic acids is 1. The average molecular weight is 223 g/mol. The lowest BCUT2D eigenvalue weighted by Crippen LogP contribution is -2.25. The second-order valence-corrected chi connectivity index (χ2v) is 3.47. The number of carboxylic acids is 1. The molecule has 1 N–H and O–H groups in total. The Morgan fingerprint density at radius 2 is 1.88 bits per heavy atom. The van der Waals surface area contributed by atoms with Gasteiger partial charge in [0.1, 0.15) is 5.82 Å². The van der Waals surface area contributed by atoms with E-state index in [4.69, 9.17) is 5.11 Å². The Morgan fingerprint density at radius 3 is 2.31 bits per heavy atom. The molecule has 0 aliphatic rings. The molecule has 0 unspecified atom stereocenters. The van der Waals surface area contributed by atoms with Crippen molar-refractivity contribution in [1.29, 1.82) is 0 Å². The van der Waals surface area contributed by atoms with E-state index in [1.165, 1.54) is 12.4 Å². The standard InChI is InChI=1S/C11H17N3O2/c1-3-14(4-2)6-5-10-12-7-9(8-13-10)11(15)16/h7-8H,3-6H2,1-2H3,(H,15,16). The van der Waals surface area contributed by atoms with Crippen LogP contribution in [0.1, 0.15) is 30.0 Å².